The van der Waals surface area contributed by atoms with Crippen molar-refractivity contribution in [2.75, 3.05) is 5.32 Å². The van der Waals surface area contributed by atoms with Gasteiger partial charge in [0.05, 0.1) is 34.8 Å². The van der Waals surface area contributed by atoms with Gasteiger partial charge in [0.1, 0.15) is 0 Å². The van der Waals surface area contributed by atoms with Crippen molar-refractivity contribution in [1.29, 1.82) is 0 Å². The molecule has 2 N–H and O–H groups in total. The predicted octanol–water partition coefficient (Wildman–Crippen LogP) is 4.64. The second-order valence-corrected chi connectivity index (χ2v) is 7.67. The Morgan fingerprint density at radius 1 is 1.23 bits per heavy atom. The van der Waals surface area contributed by atoms with Gasteiger partial charge in [0.25, 0.3) is 0 Å². The number of aryl methyl sites for hydroxylation is 1. The van der Waals surface area contributed by atoms with Crippen molar-refractivity contribution in [3.05, 3.63) is 51.2 Å². The SMILES string of the molecule is CCn1c(NC(=O)Cc2cc3[nH]cnc3cc2Br)nc2ccc(Br)cc21. The minimum atomic E-state index is -0.117. The molecule has 0 spiro atoms. The monoisotopic (exact) mass is 475 g/mol. The second-order valence-electron chi connectivity index (χ2n) is 5.90. The number of aromatic nitrogens is 4. The molecule has 0 aliphatic heterocycles. The van der Waals surface area contributed by atoms with E-state index < -0.39 is 0 Å². The first-order valence-corrected chi connectivity index (χ1v) is 9.71. The van der Waals surface area contributed by atoms with Crippen LogP contribution in [0.1, 0.15) is 12.5 Å². The van der Waals surface area contributed by atoms with Crippen molar-refractivity contribution in [3.8, 4) is 0 Å². The zero-order valence-electron chi connectivity index (χ0n) is 13.9. The lowest BCUT2D eigenvalue weighted by Crippen LogP contribution is -2.18. The lowest BCUT2D eigenvalue weighted by molar-refractivity contribution is -0.115. The van der Waals surface area contributed by atoms with Gasteiger partial charge in [-0.1, -0.05) is 31.9 Å². The number of hydrogen-bond acceptors (Lipinski definition) is 3. The summed E-state index contributed by atoms with van der Waals surface area (Å²) in [4.78, 5) is 24.4. The van der Waals surface area contributed by atoms with Gasteiger partial charge in [0.15, 0.2) is 0 Å². The van der Waals surface area contributed by atoms with Crippen LogP contribution in [0.2, 0.25) is 0 Å². The Labute approximate surface area is 166 Å². The van der Waals surface area contributed by atoms with E-state index in [2.05, 4.69) is 52.1 Å². The van der Waals surface area contributed by atoms with Gasteiger partial charge in [-0.2, -0.15) is 0 Å². The van der Waals surface area contributed by atoms with Crippen LogP contribution in [0.3, 0.4) is 0 Å². The number of nitrogens with zero attached hydrogens (tertiary/aromatic N) is 3. The number of carbonyl (C=O) groups is 1. The molecule has 0 saturated carbocycles. The highest BCUT2D eigenvalue weighted by Crippen LogP contribution is 2.25. The van der Waals surface area contributed by atoms with E-state index in [4.69, 9.17) is 0 Å². The van der Waals surface area contributed by atoms with Crippen molar-refractivity contribution in [2.24, 2.45) is 0 Å². The topological polar surface area (TPSA) is 75.6 Å². The molecule has 0 radical (unpaired) electrons. The number of nitrogens with one attached hydrogen (secondary N) is 2. The molecule has 0 unspecified atom stereocenters. The molecule has 8 heteroatoms. The molecule has 0 fully saturated rings. The van der Waals surface area contributed by atoms with Gasteiger partial charge < -0.3 is 9.55 Å². The standard InChI is InChI=1S/C18H15Br2N5O/c1-2-25-16-7-11(19)3-4-13(16)23-18(25)24-17(26)6-10-5-14-15(8-12(10)20)22-9-21-14/h3-5,7-9H,2,6H2,1H3,(H,21,22)(H,23,24,26). The number of halogens is 2. The minimum Gasteiger partial charge on any atom is -0.345 e. The summed E-state index contributed by atoms with van der Waals surface area (Å²) < 4.78 is 3.83. The molecule has 4 rings (SSSR count). The maximum absolute atomic E-state index is 12.6. The zero-order valence-corrected chi connectivity index (χ0v) is 17.1. The molecule has 2 aromatic carbocycles. The summed E-state index contributed by atoms with van der Waals surface area (Å²) in [5.74, 6) is 0.443. The van der Waals surface area contributed by atoms with E-state index in [1.165, 1.54) is 0 Å². The molecule has 2 aromatic heterocycles. The van der Waals surface area contributed by atoms with Gasteiger partial charge in [0.2, 0.25) is 11.9 Å². The normalized spacial score (nSPS) is 11.3. The van der Waals surface area contributed by atoms with E-state index in [0.717, 1.165) is 36.6 Å². The third-order valence-electron chi connectivity index (χ3n) is 4.22. The molecule has 0 aliphatic carbocycles. The van der Waals surface area contributed by atoms with Crippen LogP contribution in [-0.4, -0.2) is 25.4 Å². The highest BCUT2D eigenvalue weighted by Gasteiger charge is 2.15. The highest BCUT2D eigenvalue weighted by molar-refractivity contribution is 9.10. The van der Waals surface area contributed by atoms with Crippen molar-refractivity contribution < 1.29 is 4.79 Å². The van der Waals surface area contributed by atoms with Crippen LogP contribution >= 0.6 is 31.9 Å². The number of aromatic amines is 1. The fourth-order valence-corrected chi connectivity index (χ4v) is 3.81. The average molecular weight is 477 g/mol. The Morgan fingerprint density at radius 3 is 2.88 bits per heavy atom. The molecule has 2 heterocycles. The molecule has 0 saturated heterocycles. The molecule has 0 atom stereocenters. The number of rotatable bonds is 4. The largest absolute Gasteiger partial charge is 0.345 e. The molecule has 132 valence electrons. The third-order valence-corrected chi connectivity index (χ3v) is 5.45. The number of anilines is 1. The van der Waals surface area contributed by atoms with Gasteiger partial charge in [-0.05, 0) is 42.8 Å². The van der Waals surface area contributed by atoms with Crippen LogP contribution < -0.4 is 5.32 Å². The summed E-state index contributed by atoms with van der Waals surface area (Å²) in [6.07, 6.45) is 1.88. The fraction of sp³-hybridized carbons (Fsp3) is 0.167. The fourth-order valence-electron chi connectivity index (χ4n) is 2.99. The quantitative estimate of drug-likeness (QED) is 0.450. The summed E-state index contributed by atoms with van der Waals surface area (Å²) in [7, 11) is 0. The van der Waals surface area contributed by atoms with Gasteiger partial charge in [-0.3, -0.25) is 10.1 Å². The predicted molar refractivity (Wildman–Crippen MR) is 109 cm³/mol. The molecule has 1 amide bonds. The van der Waals surface area contributed by atoms with Crippen LogP contribution in [0.5, 0.6) is 0 Å². The van der Waals surface area contributed by atoms with Gasteiger partial charge in [-0.15, -0.1) is 0 Å². The van der Waals surface area contributed by atoms with Crippen molar-refractivity contribution in [1.82, 2.24) is 19.5 Å². The molecular weight excluding hydrogens is 462 g/mol. The smallest absolute Gasteiger partial charge is 0.231 e. The first-order valence-electron chi connectivity index (χ1n) is 8.12. The lowest BCUT2D eigenvalue weighted by Gasteiger charge is -2.09. The second kappa shape index (κ2) is 6.85. The number of fused-ring (bicyclic) bond motifs is 2. The maximum atomic E-state index is 12.6. The van der Waals surface area contributed by atoms with Crippen LogP contribution in [0.4, 0.5) is 5.95 Å². The summed E-state index contributed by atoms with van der Waals surface area (Å²) >= 11 is 7.00. The third kappa shape index (κ3) is 3.14. The van der Waals surface area contributed by atoms with E-state index in [9.17, 15) is 4.79 Å². The van der Waals surface area contributed by atoms with Crippen LogP contribution in [-0.2, 0) is 17.8 Å². The van der Waals surface area contributed by atoms with Gasteiger partial charge >= 0.3 is 0 Å². The Kier molecular flexibility index (Phi) is 4.54. The lowest BCUT2D eigenvalue weighted by atomic mass is 10.1. The Balaban J connectivity index is 1.61. The molecule has 26 heavy (non-hydrogen) atoms. The Bertz CT molecular complexity index is 1130. The average Bonchev–Trinajstić information content (AvgIpc) is 3.18. The molecule has 0 bridgehead atoms. The molecule has 4 aromatic rings. The first kappa shape index (κ1) is 17.2. The van der Waals surface area contributed by atoms with Gasteiger partial charge in [0, 0.05) is 15.5 Å². The molecule has 0 aliphatic rings. The number of amides is 1. The van der Waals surface area contributed by atoms with Crippen molar-refractivity contribution in [3.63, 3.8) is 0 Å². The van der Waals surface area contributed by atoms with E-state index in [1.807, 2.05) is 41.8 Å². The van der Waals surface area contributed by atoms with E-state index in [0.29, 0.717) is 12.5 Å². The highest BCUT2D eigenvalue weighted by atomic mass is 79.9. The van der Waals surface area contributed by atoms with E-state index in [-0.39, 0.29) is 12.3 Å². The van der Waals surface area contributed by atoms with Crippen LogP contribution in [0.15, 0.2) is 45.6 Å². The van der Waals surface area contributed by atoms with Crippen LogP contribution in [0, 0.1) is 0 Å². The van der Waals surface area contributed by atoms with Crippen LogP contribution in [0.25, 0.3) is 22.1 Å². The molecular formula is C18H15Br2N5O. The van der Waals surface area contributed by atoms with Crippen molar-refractivity contribution >= 4 is 65.8 Å². The Morgan fingerprint density at radius 2 is 2.08 bits per heavy atom. The first-order chi connectivity index (χ1) is 12.5. The maximum Gasteiger partial charge on any atom is 0.231 e. The number of imidazole rings is 2. The summed E-state index contributed by atoms with van der Waals surface area (Å²) in [6, 6.07) is 9.73. The summed E-state index contributed by atoms with van der Waals surface area (Å²) in [5, 5.41) is 2.94. The van der Waals surface area contributed by atoms with E-state index in [1.54, 1.807) is 6.33 Å². The molecule has 6 nitrogen and oxygen atoms in total. The zero-order chi connectivity index (χ0) is 18.3. The Hall–Kier alpha value is -2.19. The number of hydrogen-bond donors (Lipinski definition) is 2. The summed E-state index contributed by atoms with van der Waals surface area (Å²) in [5.41, 5.74) is 4.49. The number of benzene rings is 2. The summed E-state index contributed by atoms with van der Waals surface area (Å²) in [6.45, 7) is 2.74. The van der Waals surface area contributed by atoms with Crippen molar-refractivity contribution in [2.45, 2.75) is 19.9 Å². The number of H-pyrrole nitrogens is 1. The number of carbonyl (C=O) groups excluding carboxylic acids is 1. The van der Waals surface area contributed by atoms with Gasteiger partial charge in [-0.25, -0.2) is 9.97 Å². The van der Waals surface area contributed by atoms with E-state index >= 15 is 0 Å². The minimum absolute atomic E-state index is 0.117.